The molecule has 118 valence electrons. The number of para-hydroxylation sites is 1. The number of carbonyl (C=O) groups is 2. The van der Waals surface area contributed by atoms with Crippen LogP contribution in [0.3, 0.4) is 0 Å². The Morgan fingerprint density at radius 3 is 2.61 bits per heavy atom. The van der Waals surface area contributed by atoms with E-state index in [9.17, 15) is 19.1 Å². The zero-order chi connectivity index (χ0) is 16.8. The number of anilines is 1. The first kappa shape index (κ1) is 16.4. The monoisotopic (exact) mass is 335 g/mol. The molecule has 0 bridgehead atoms. The zero-order valence-electron chi connectivity index (χ0n) is 11.6. The van der Waals surface area contributed by atoms with Crippen molar-refractivity contribution in [1.82, 2.24) is 5.43 Å². The van der Waals surface area contributed by atoms with E-state index in [-0.39, 0.29) is 16.5 Å². The molecule has 6 nitrogen and oxygen atoms in total. The van der Waals surface area contributed by atoms with Gasteiger partial charge in [-0.15, -0.1) is 0 Å². The van der Waals surface area contributed by atoms with Crippen molar-refractivity contribution in [1.29, 1.82) is 0 Å². The lowest BCUT2D eigenvalue weighted by Crippen LogP contribution is -2.32. The van der Waals surface area contributed by atoms with Crippen LogP contribution in [0.25, 0.3) is 0 Å². The number of amides is 2. The van der Waals surface area contributed by atoms with Gasteiger partial charge < -0.3 is 10.4 Å². The van der Waals surface area contributed by atoms with Gasteiger partial charge in [-0.3, -0.25) is 9.59 Å². The fourth-order valence-corrected chi connectivity index (χ4v) is 1.75. The lowest BCUT2D eigenvalue weighted by molar-refractivity contribution is -0.136. The molecule has 3 N–H and O–H groups in total. The van der Waals surface area contributed by atoms with E-state index in [2.05, 4.69) is 10.4 Å². The summed E-state index contributed by atoms with van der Waals surface area (Å²) in [7, 11) is 0. The molecule has 0 aliphatic carbocycles. The van der Waals surface area contributed by atoms with Gasteiger partial charge in [0.25, 0.3) is 0 Å². The maximum atomic E-state index is 13.3. The maximum Gasteiger partial charge on any atom is 0.329 e. The summed E-state index contributed by atoms with van der Waals surface area (Å²) in [6.07, 6.45) is 1.24. The van der Waals surface area contributed by atoms with Crippen LogP contribution in [0.2, 0.25) is 5.02 Å². The SMILES string of the molecule is O=C(N/N=C\c1ccc(O)c(Cl)c1)C(=O)Nc1ccccc1F. The van der Waals surface area contributed by atoms with Crippen LogP contribution in [-0.2, 0) is 9.59 Å². The van der Waals surface area contributed by atoms with E-state index < -0.39 is 17.6 Å². The second-order valence-electron chi connectivity index (χ2n) is 4.34. The molecule has 0 atom stereocenters. The van der Waals surface area contributed by atoms with Crippen molar-refractivity contribution in [2.45, 2.75) is 0 Å². The van der Waals surface area contributed by atoms with Crippen LogP contribution in [-0.4, -0.2) is 23.1 Å². The van der Waals surface area contributed by atoms with Crippen LogP contribution >= 0.6 is 11.6 Å². The molecule has 8 heteroatoms. The molecule has 0 aliphatic heterocycles. The van der Waals surface area contributed by atoms with E-state index >= 15 is 0 Å². The molecule has 2 amide bonds. The molecule has 0 unspecified atom stereocenters. The van der Waals surface area contributed by atoms with E-state index in [1.54, 1.807) is 0 Å². The van der Waals surface area contributed by atoms with Crippen molar-refractivity contribution in [3.8, 4) is 5.75 Å². The average molecular weight is 336 g/mol. The molecule has 0 saturated carbocycles. The van der Waals surface area contributed by atoms with Crippen molar-refractivity contribution in [2.75, 3.05) is 5.32 Å². The number of rotatable bonds is 3. The summed E-state index contributed by atoms with van der Waals surface area (Å²) < 4.78 is 13.3. The van der Waals surface area contributed by atoms with Gasteiger partial charge in [-0.05, 0) is 35.9 Å². The van der Waals surface area contributed by atoms with Gasteiger partial charge in [-0.1, -0.05) is 23.7 Å². The first-order valence-electron chi connectivity index (χ1n) is 6.35. The smallest absolute Gasteiger partial charge is 0.329 e. The summed E-state index contributed by atoms with van der Waals surface area (Å²) in [4.78, 5) is 23.1. The third-order valence-corrected chi connectivity index (χ3v) is 2.98. The van der Waals surface area contributed by atoms with Gasteiger partial charge in [0.15, 0.2) is 0 Å². The molecule has 0 aliphatic rings. The molecule has 2 aromatic carbocycles. The molecule has 0 radical (unpaired) electrons. The van der Waals surface area contributed by atoms with Crippen molar-refractivity contribution in [3.05, 3.63) is 58.9 Å². The predicted molar refractivity (Wildman–Crippen MR) is 83.9 cm³/mol. The Bertz CT molecular complexity index is 780. The highest BCUT2D eigenvalue weighted by atomic mass is 35.5. The molecule has 0 spiro atoms. The van der Waals surface area contributed by atoms with Gasteiger partial charge in [0.05, 0.1) is 16.9 Å². The molecular formula is C15H11ClFN3O3. The lowest BCUT2D eigenvalue weighted by Gasteiger charge is -2.04. The quantitative estimate of drug-likeness (QED) is 0.456. The Morgan fingerprint density at radius 2 is 1.91 bits per heavy atom. The van der Waals surface area contributed by atoms with Crippen LogP contribution in [0.15, 0.2) is 47.6 Å². The van der Waals surface area contributed by atoms with E-state index in [1.807, 2.05) is 5.43 Å². The van der Waals surface area contributed by atoms with Crippen molar-refractivity contribution in [2.24, 2.45) is 5.10 Å². The molecule has 2 aromatic rings. The molecule has 0 saturated heterocycles. The number of hydrogen-bond acceptors (Lipinski definition) is 4. The summed E-state index contributed by atoms with van der Waals surface area (Å²) in [5.74, 6) is -2.86. The Balaban J connectivity index is 1.93. The minimum Gasteiger partial charge on any atom is -0.506 e. The number of phenols is 1. The number of benzene rings is 2. The second kappa shape index (κ2) is 7.37. The molecule has 0 aromatic heterocycles. The number of nitrogens with zero attached hydrogens (tertiary/aromatic N) is 1. The molecule has 0 fully saturated rings. The van der Waals surface area contributed by atoms with Gasteiger partial charge in [-0.25, -0.2) is 9.82 Å². The summed E-state index contributed by atoms with van der Waals surface area (Å²) in [5, 5.41) is 15.1. The number of carbonyl (C=O) groups excluding carboxylic acids is 2. The Hall–Kier alpha value is -2.93. The largest absolute Gasteiger partial charge is 0.506 e. The molecule has 2 rings (SSSR count). The summed E-state index contributed by atoms with van der Waals surface area (Å²) in [6.45, 7) is 0. The van der Waals surface area contributed by atoms with Gasteiger partial charge in [0.1, 0.15) is 11.6 Å². The van der Waals surface area contributed by atoms with Gasteiger partial charge >= 0.3 is 11.8 Å². The van der Waals surface area contributed by atoms with Crippen LogP contribution in [0.4, 0.5) is 10.1 Å². The van der Waals surface area contributed by atoms with Gasteiger partial charge in [0, 0.05) is 0 Å². The van der Waals surface area contributed by atoms with E-state index in [1.165, 1.54) is 42.6 Å². The Labute approximate surface area is 135 Å². The standard InChI is InChI=1S/C15H11ClFN3O3/c16-10-7-9(5-6-13(10)21)8-18-20-15(23)14(22)19-12-4-2-1-3-11(12)17/h1-8,21H,(H,19,22)(H,20,23)/b18-8-. The Morgan fingerprint density at radius 1 is 1.17 bits per heavy atom. The Kier molecular flexibility index (Phi) is 5.27. The predicted octanol–water partition coefficient (Wildman–Crippen LogP) is 2.27. The van der Waals surface area contributed by atoms with Crippen LogP contribution in [0.1, 0.15) is 5.56 Å². The fourth-order valence-electron chi connectivity index (χ4n) is 1.56. The highest BCUT2D eigenvalue weighted by Gasteiger charge is 2.14. The minimum atomic E-state index is -1.06. The second-order valence-corrected chi connectivity index (χ2v) is 4.75. The first-order valence-corrected chi connectivity index (χ1v) is 6.72. The minimum absolute atomic E-state index is 0.0860. The number of hydrogen-bond donors (Lipinski definition) is 3. The normalized spacial score (nSPS) is 10.5. The number of nitrogens with one attached hydrogen (secondary N) is 2. The highest BCUT2D eigenvalue weighted by Crippen LogP contribution is 2.22. The van der Waals surface area contributed by atoms with Crippen molar-refractivity contribution in [3.63, 3.8) is 0 Å². The molecule has 0 heterocycles. The van der Waals surface area contributed by atoms with E-state index in [4.69, 9.17) is 11.6 Å². The third-order valence-electron chi connectivity index (χ3n) is 2.68. The highest BCUT2D eigenvalue weighted by molar-refractivity contribution is 6.39. The summed E-state index contributed by atoms with van der Waals surface area (Å²) >= 11 is 5.71. The van der Waals surface area contributed by atoms with Crippen LogP contribution in [0.5, 0.6) is 5.75 Å². The maximum absolute atomic E-state index is 13.3. The average Bonchev–Trinajstić information content (AvgIpc) is 2.53. The topological polar surface area (TPSA) is 90.8 Å². The van der Waals surface area contributed by atoms with Crippen molar-refractivity contribution >= 4 is 35.3 Å². The molecular weight excluding hydrogens is 325 g/mol. The zero-order valence-corrected chi connectivity index (χ0v) is 12.3. The number of aromatic hydroxyl groups is 1. The first-order chi connectivity index (χ1) is 11.0. The molecule has 23 heavy (non-hydrogen) atoms. The van der Waals surface area contributed by atoms with E-state index in [0.717, 1.165) is 6.07 Å². The van der Waals surface area contributed by atoms with Gasteiger partial charge in [-0.2, -0.15) is 5.10 Å². The lowest BCUT2D eigenvalue weighted by atomic mass is 10.2. The van der Waals surface area contributed by atoms with Gasteiger partial charge in [0.2, 0.25) is 0 Å². The number of halogens is 2. The van der Waals surface area contributed by atoms with Crippen molar-refractivity contribution < 1.29 is 19.1 Å². The number of hydrazone groups is 1. The van der Waals surface area contributed by atoms with Crippen LogP contribution < -0.4 is 10.7 Å². The third kappa shape index (κ3) is 4.52. The summed E-state index contributed by atoms with van der Waals surface area (Å²) in [6, 6.07) is 9.74. The number of phenolic OH excluding ortho intramolecular Hbond substituents is 1. The fraction of sp³-hybridized carbons (Fsp3) is 0. The summed E-state index contributed by atoms with van der Waals surface area (Å²) in [5.41, 5.74) is 2.39. The van der Waals surface area contributed by atoms with Crippen LogP contribution in [0, 0.1) is 5.82 Å². The van der Waals surface area contributed by atoms with E-state index in [0.29, 0.717) is 5.56 Å².